The van der Waals surface area contributed by atoms with Crippen LogP contribution in [0.5, 0.6) is 0 Å². The van der Waals surface area contributed by atoms with E-state index in [2.05, 4.69) is 58.3 Å². The van der Waals surface area contributed by atoms with Crippen LogP contribution in [0.2, 0.25) is 0 Å². The van der Waals surface area contributed by atoms with Crippen molar-refractivity contribution in [2.45, 2.75) is 33.2 Å². The predicted molar refractivity (Wildman–Crippen MR) is 86.7 cm³/mol. The number of nitrogens with zero attached hydrogens (tertiary/aromatic N) is 3. The Balaban J connectivity index is 1.85. The van der Waals surface area contributed by atoms with Crippen LogP contribution in [0.4, 0.5) is 11.6 Å². The molecule has 0 radical (unpaired) electrons. The van der Waals surface area contributed by atoms with E-state index >= 15 is 0 Å². The highest BCUT2D eigenvalue weighted by atomic mass is 15.2. The van der Waals surface area contributed by atoms with E-state index in [0.717, 1.165) is 49.7 Å². The third-order valence-corrected chi connectivity index (χ3v) is 4.03. The Labute approximate surface area is 126 Å². The molecule has 4 heteroatoms. The van der Waals surface area contributed by atoms with Gasteiger partial charge in [0.25, 0.3) is 0 Å². The quantitative estimate of drug-likeness (QED) is 0.935. The summed E-state index contributed by atoms with van der Waals surface area (Å²) in [5.41, 5.74) is 4.01. The number of aromatic nitrogens is 2. The Kier molecular flexibility index (Phi) is 4.04. The summed E-state index contributed by atoms with van der Waals surface area (Å²) in [7, 11) is 0. The van der Waals surface area contributed by atoms with E-state index in [0.29, 0.717) is 0 Å². The Morgan fingerprint density at radius 2 is 2.00 bits per heavy atom. The lowest BCUT2D eigenvalue weighted by atomic mass is 10.00. The Morgan fingerprint density at radius 3 is 2.81 bits per heavy atom. The van der Waals surface area contributed by atoms with E-state index in [1.54, 1.807) is 6.33 Å². The second-order valence-corrected chi connectivity index (χ2v) is 5.54. The van der Waals surface area contributed by atoms with Crippen LogP contribution in [-0.4, -0.2) is 23.1 Å². The molecule has 0 aliphatic carbocycles. The fourth-order valence-corrected chi connectivity index (χ4v) is 2.86. The Bertz CT molecular complexity index is 624. The lowest BCUT2D eigenvalue weighted by Crippen LogP contribution is -2.31. The van der Waals surface area contributed by atoms with Crippen molar-refractivity contribution in [2.24, 2.45) is 0 Å². The fraction of sp³-hybridized carbons (Fsp3) is 0.412. The Morgan fingerprint density at radius 1 is 1.19 bits per heavy atom. The van der Waals surface area contributed by atoms with Crippen molar-refractivity contribution in [3.63, 3.8) is 0 Å². The van der Waals surface area contributed by atoms with Crippen LogP contribution >= 0.6 is 0 Å². The van der Waals surface area contributed by atoms with E-state index in [4.69, 9.17) is 0 Å². The summed E-state index contributed by atoms with van der Waals surface area (Å²) in [6.07, 6.45) is 3.84. The molecular formula is C17H22N4. The first-order chi connectivity index (χ1) is 10.3. The molecule has 0 saturated heterocycles. The standard InChI is InChI=1S/C17H22N4/c1-3-9-18-16-13(2)17(20-12-19-16)21-10-8-14-6-4-5-7-15(14)11-21/h4-7,12H,3,8-11H2,1-2H3,(H,18,19,20). The summed E-state index contributed by atoms with van der Waals surface area (Å²) in [6, 6.07) is 8.68. The molecule has 2 aromatic rings. The first-order valence-corrected chi connectivity index (χ1v) is 7.66. The molecule has 0 saturated carbocycles. The molecule has 0 unspecified atom stereocenters. The number of nitrogens with one attached hydrogen (secondary N) is 1. The monoisotopic (exact) mass is 282 g/mol. The molecule has 1 aliphatic rings. The number of hydrogen-bond donors (Lipinski definition) is 1. The van der Waals surface area contributed by atoms with Crippen LogP contribution in [0.15, 0.2) is 30.6 Å². The molecule has 0 bridgehead atoms. The highest BCUT2D eigenvalue weighted by Gasteiger charge is 2.19. The lowest BCUT2D eigenvalue weighted by molar-refractivity contribution is 0.716. The number of benzene rings is 1. The zero-order chi connectivity index (χ0) is 14.7. The highest BCUT2D eigenvalue weighted by molar-refractivity contribution is 5.58. The maximum atomic E-state index is 4.52. The van der Waals surface area contributed by atoms with E-state index in [9.17, 15) is 0 Å². The largest absolute Gasteiger partial charge is 0.370 e. The summed E-state index contributed by atoms with van der Waals surface area (Å²) in [5.74, 6) is 2.01. The van der Waals surface area contributed by atoms with Gasteiger partial charge in [0, 0.05) is 25.2 Å². The van der Waals surface area contributed by atoms with E-state index in [1.807, 2.05) is 0 Å². The van der Waals surface area contributed by atoms with Crippen LogP contribution in [0.1, 0.15) is 30.0 Å². The molecule has 21 heavy (non-hydrogen) atoms. The van der Waals surface area contributed by atoms with Crippen molar-refractivity contribution >= 4 is 11.6 Å². The lowest BCUT2D eigenvalue weighted by Gasteiger charge is -2.31. The average Bonchev–Trinajstić information content (AvgIpc) is 2.53. The van der Waals surface area contributed by atoms with Gasteiger partial charge in [0.05, 0.1) is 0 Å². The summed E-state index contributed by atoms with van der Waals surface area (Å²) in [6.45, 7) is 7.16. The summed E-state index contributed by atoms with van der Waals surface area (Å²) in [5, 5.41) is 3.38. The Hall–Kier alpha value is -2.10. The molecule has 1 aliphatic heterocycles. The molecule has 0 spiro atoms. The molecule has 0 fully saturated rings. The zero-order valence-corrected chi connectivity index (χ0v) is 12.8. The third kappa shape index (κ3) is 2.84. The predicted octanol–water partition coefficient (Wildman–Crippen LogP) is 3.17. The second-order valence-electron chi connectivity index (χ2n) is 5.54. The molecule has 2 heterocycles. The zero-order valence-electron chi connectivity index (χ0n) is 12.8. The van der Waals surface area contributed by atoms with Gasteiger partial charge in [-0.2, -0.15) is 0 Å². The summed E-state index contributed by atoms with van der Waals surface area (Å²) in [4.78, 5) is 11.2. The molecule has 1 aromatic carbocycles. The topological polar surface area (TPSA) is 41.1 Å². The number of fused-ring (bicyclic) bond motifs is 1. The number of hydrogen-bond acceptors (Lipinski definition) is 4. The smallest absolute Gasteiger partial charge is 0.137 e. The van der Waals surface area contributed by atoms with Crippen molar-refractivity contribution < 1.29 is 0 Å². The van der Waals surface area contributed by atoms with Crippen molar-refractivity contribution in [1.29, 1.82) is 0 Å². The molecule has 1 aromatic heterocycles. The van der Waals surface area contributed by atoms with Gasteiger partial charge in [-0.3, -0.25) is 0 Å². The first-order valence-electron chi connectivity index (χ1n) is 7.66. The molecule has 3 rings (SSSR count). The van der Waals surface area contributed by atoms with Crippen molar-refractivity contribution in [3.8, 4) is 0 Å². The van der Waals surface area contributed by atoms with E-state index in [1.165, 1.54) is 11.1 Å². The molecule has 0 amide bonds. The minimum Gasteiger partial charge on any atom is -0.370 e. The van der Waals surface area contributed by atoms with Crippen molar-refractivity contribution in [3.05, 3.63) is 47.3 Å². The molecule has 4 nitrogen and oxygen atoms in total. The van der Waals surface area contributed by atoms with Crippen LogP contribution in [0, 0.1) is 6.92 Å². The molecule has 0 atom stereocenters. The van der Waals surface area contributed by atoms with Gasteiger partial charge >= 0.3 is 0 Å². The van der Waals surface area contributed by atoms with Gasteiger partial charge in [-0.15, -0.1) is 0 Å². The fourth-order valence-electron chi connectivity index (χ4n) is 2.86. The molecule has 1 N–H and O–H groups in total. The van der Waals surface area contributed by atoms with Crippen LogP contribution in [0.25, 0.3) is 0 Å². The maximum Gasteiger partial charge on any atom is 0.137 e. The van der Waals surface area contributed by atoms with Crippen LogP contribution in [0.3, 0.4) is 0 Å². The van der Waals surface area contributed by atoms with E-state index < -0.39 is 0 Å². The van der Waals surface area contributed by atoms with Gasteiger partial charge in [0.15, 0.2) is 0 Å². The van der Waals surface area contributed by atoms with Gasteiger partial charge in [-0.1, -0.05) is 31.2 Å². The summed E-state index contributed by atoms with van der Waals surface area (Å²) >= 11 is 0. The minimum absolute atomic E-state index is 0.932. The van der Waals surface area contributed by atoms with Gasteiger partial charge in [0.2, 0.25) is 0 Å². The van der Waals surface area contributed by atoms with Gasteiger partial charge in [-0.25, -0.2) is 9.97 Å². The first kappa shape index (κ1) is 13.9. The number of anilines is 2. The maximum absolute atomic E-state index is 4.52. The van der Waals surface area contributed by atoms with Gasteiger partial charge in [-0.05, 0) is 30.9 Å². The highest BCUT2D eigenvalue weighted by Crippen LogP contribution is 2.27. The van der Waals surface area contributed by atoms with Gasteiger partial charge < -0.3 is 10.2 Å². The van der Waals surface area contributed by atoms with Gasteiger partial charge in [0.1, 0.15) is 18.0 Å². The normalized spacial score (nSPS) is 13.9. The van der Waals surface area contributed by atoms with Crippen LogP contribution in [-0.2, 0) is 13.0 Å². The van der Waals surface area contributed by atoms with Crippen molar-refractivity contribution in [1.82, 2.24) is 9.97 Å². The molecular weight excluding hydrogens is 260 g/mol. The van der Waals surface area contributed by atoms with E-state index in [-0.39, 0.29) is 0 Å². The average molecular weight is 282 g/mol. The number of rotatable bonds is 4. The van der Waals surface area contributed by atoms with Crippen molar-refractivity contribution in [2.75, 3.05) is 23.3 Å². The molecule has 110 valence electrons. The van der Waals surface area contributed by atoms with Crippen LogP contribution < -0.4 is 10.2 Å². The minimum atomic E-state index is 0.932. The third-order valence-electron chi connectivity index (χ3n) is 4.03. The SMILES string of the molecule is CCCNc1ncnc(N2CCc3ccccc3C2)c1C. The second kappa shape index (κ2) is 6.12. The summed E-state index contributed by atoms with van der Waals surface area (Å²) < 4.78 is 0.